The van der Waals surface area contributed by atoms with Crippen LogP contribution < -0.4 is 10.5 Å². The maximum absolute atomic E-state index is 12.2. The highest BCUT2D eigenvalue weighted by Gasteiger charge is 2.26. The van der Waals surface area contributed by atoms with E-state index in [2.05, 4.69) is 0 Å². The predicted octanol–water partition coefficient (Wildman–Crippen LogP) is 0.872. The van der Waals surface area contributed by atoms with Gasteiger partial charge in [0.05, 0.1) is 16.5 Å². The summed E-state index contributed by atoms with van der Waals surface area (Å²) in [6.07, 6.45) is 0.512. The smallest absolute Gasteiger partial charge is 0.341 e. The van der Waals surface area contributed by atoms with E-state index in [4.69, 9.17) is 15.6 Å². The lowest BCUT2D eigenvalue weighted by Crippen LogP contribution is -2.24. The molecule has 0 unspecified atom stereocenters. The van der Waals surface area contributed by atoms with Crippen molar-refractivity contribution in [2.45, 2.75) is 13.3 Å². The van der Waals surface area contributed by atoms with E-state index < -0.39 is 24.3 Å². The van der Waals surface area contributed by atoms with Crippen molar-refractivity contribution < 1.29 is 24.2 Å². The zero-order valence-corrected chi connectivity index (χ0v) is 12.3. The summed E-state index contributed by atoms with van der Waals surface area (Å²) in [5.74, 6) is -2.77. The van der Waals surface area contributed by atoms with Gasteiger partial charge in [0.1, 0.15) is 5.75 Å². The Morgan fingerprint density at radius 2 is 2.00 bits per heavy atom. The van der Waals surface area contributed by atoms with E-state index in [1.165, 1.54) is 0 Å². The molecule has 3 N–H and O–H groups in total. The fourth-order valence-corrected chi connectivity index (χ4v) is 2.55. The van der Waals surface area contributed by atoms with Crippen LogP contribution in [-0.4, -0.2) is 33.9 Å². The molecule has 0 fully saturated rings. The molecule has 0 saturated carbocycles. The number of Topliss-reactive ketones (excluding diaryl/α,β-unsaturated/α-hetero) is 1. The SMILES string of the molecule is CCc1c(C(=O)C(N)=O)c2c(OCC(=O)O)cccc2n1C. The number of nitrogens with two attached hydrogens (primary N) is 1. The van der Waals surface area contributed by atoms with Crippen LogP contribution in [-0.2, 0) is 23.1 Å². The molecule has 0 atom stereocenters. The minimum absolute atomic E-state index is 0.175. The highest BCUT2D eigenvalue weighted by molar-refractivity contribution is 6.45. The summed E-state index contributed by atoms with van der Waals surface area (Å²) in [6, 6.07) is 5.01. The molecule has 0 bridgehead atoms. The lowest BCUT2D eigenvalue weighted by molar-refractivity contribution is -0.139. The molecule has 1 amide bonds. The summed E-state index contributed by atoms with van der Waals surface area (Å²) < 4.78 is 7.02. The number of carbonyl (C=O) groups is 3. The van der Waals surface area contributed by atoms with E-state index in [-0.39, 0.29) is 11.3 Å². The Morgan fingerprint density at radius 1 is 1.32 bits per heavy atom. The average molecular weight is 304 g/mol. The third-order valence-corrected chi connectivity index (χ3v) is 3.45. The van der Waals surface area contributed by atoms with E-state index in [1.807, 2.05) is 6.92 Å². The van der Waals surface area contributed by atoms with E-state index in [1.54, 1.807) is 29.8 Å². The van der Waals surface area contributed by atoms with Crippen LogP contribution in [0.5, 0.6) is 5.75 Å². The highest BCUT2D eigenvalue weighted by Crippen LogP contribution is 2.34. The summed E-state index contributed by atoms with van der Waals surface area (Å²) in [6.45, 7) is 1.31. The molecule has 0 saturated heterocycles. The number of hydrogen-bond acceptors (Lipinski definition) is 4. The third-order valence-electron chi connectivity index (χ3n) is 3.45. The standard InChI is InChI=1S/C15H16N2O5/c1-3-8-13(14(20)15(16)21)12-9(17(8)2)5-4-6-10(12)22-7-11(18)19/h4-6H,3,7H2,1-2H3,(H2,16,21)(H,18,19). The minimum atomic E-state index is -1.13. The number of fused-ring (bicyclic) bond motifs is 1. The molecular formula is C15H16N2O5. The van der Waals surface area contributed by atoms with Gasteiger partial charge in [-0.1, -0.05) is 13.0 Å². The summed E-state index contributed by atoms with van der Waals surface area (Å²) in [5.41, 5.74) is 6.62. The fourth-order valence-electron chi connectivity index (χ4n) is 2.55. The van der Waals surface area contributed by atoms with Gasteiger partial charge in [0.25, 0.3) is 11.7 Å². The minimum Gasteiger partial charge on any atom is -0.481 e. The molecule has 1 heterocycles. The number of aliphatic carboxylic acids is 1. The van der Waals surface area contributed by atoms with Gasteiger partial charge in [0.15, 0.2) is 6.61 Å². The number of ketones is 1. The molecule has 1 aromatic carbocycles. The van der Waals surface area contributed by atoms with Crippen LogP contribution in [0.25, 0.3) is 10.9 Å². The molecule has 7 heteroatoms. The van der Waals surface area contributed by atoms with Crippen LogP contribution >= 0.6 is 0 Å². The van der Waals surface area contributed by atoms with Crippen molar-refractivity contribution >= 4 is 28.6 Å². The van der Waals surface area contributed by atoms with E-state index in [9.17, 15) is 14.4 Å². The lowest BCUT2D eigenvalue weighted by Gasteiger charge is -2.06. The number of ether oxygens (including phenoxy) is 1. The molecule has 22 heavy (non-hydrogen) atoms. The fraction of sp³-hybridized carbons (Fsp3) is 0.267. The van der Waals surface area contributed by atoms with Gasteiger partial charge in [-0.15, -0.1) is 0 Å². The molecule has 1 aromatic heterocycles. The van der Waals surface area contributed by atoms with Crippen LogP contribution in [0.15, 0.2) is 18.2 Å². The second kappa shape index (κ2) is 5.88. The van der Waals surface area contributed by atoms with Gasteiger partial charge in [0.2, 0.25) is 0 Å². The number of aromatic nitrogens is 1. The number of carboxylic acid groups (broad SMARTS) is 1. The Bertz CT molecular complexity index is 776. The van der Waals surface area contributed by atoms with Crippen molar-refractivity contribution in [2.75, 3.05) is 6.61 Å². The Kier molecular flexibility index (Phi) is 4.16. The molecule has 0 aliphatic heterocycles. The highest BCUT2D eigenvalue weighted by atomic mass is 16.5. The quantitative estimate of drug-likeness (QED) is 0.607. The zero-order chi connectivity index (χ0) is 16.4. The predicted molar refractivity (Wildman–Crippen MR) is 79.0 cm³/mol. The van der Waals surface area contributed by atoms with Gasteiger partial charge < -0.3 is 20.1 Å². The van der Waals surface area contributed by atoms with Gasteiger partial charge in [-0.25, -0.2) is 4.79 Å². The van der Waals surface area contributed by atoms with Gasteiger partial charge in [-0.05, 0) is 18.6 Å². The molecule has 116 valence electrons. The van der Waals surface area contributed by atoms with E-state index in [0.717, 1.165) is 0 Å². The van der Waals surface area contributed by atoms with E-state index in [0.29, 0.717) is 23.0 Å². The second-order valence-electron chi connectivity index (χ2n) is 4.76. The van der Waals surface area contributed by atoms with Crippen molar-refractivity contribution in [3.8, 4) is 5.75 Å². The summed E-state index contributed by atoms with van der Waals surface area (Å²) in [4.78, 5) is 34.2. The molecule has 7 nitrogen and oxygen atoms in total. The Hall–Kier alpha value is -2.83. The van der Waals surface area contributed by atoms with Crippen LogP contribution in [0, 0.1) is 0 Å². The number of nitrogens with zero attached hydrogens (tertiary/aromatic N) is 1. The van der Waals surface area contributed by atoms with Gasteiger partial charge in [-0.3, -0.25) is 9.59 Å². The monoisotopic (exact) mass is 304 g/mol. The zero-order valence-electron chi connectivity index (χ0n) is 12.3. The maximum atomic E-state index is 12.2. The van der Waals surface area contributed by atoms with Crippen molar-refractivity contribution in [1.82, 2.24) is 4.57 Å². The van der Waals surface area contributed by atoms with Crippen LogP contribution in [0.4, 0.5) is 0 Å². The summed E-state index contributed by atoms with van der Waals surface area (Å²) >= 11 is 0. The summed E-state index contributed by atoms with van der Waals surface area (Å²) in [5, 5.41) is 9.16. The number of amides is 1. The average Bonchev–Trinajstić information content (AvgIpc) is 2.77. The van der Waals surface area contributed by atoms with Crippen molar-refractivity contribution in [3.63, 3.8) is 0 Å². The van der Waals surface area contributed by atoms with Crippen molar-refractivity contribution in [2.24, 2.45) is 12.8 Å². The number of benzene rings is 1. The number of primary amides is 1. The van der Waals surface area contributed by atoms with Crippen LogP contribution in [0.3, 0.4) is 0 Å². The molecule has 0 radical (unpaired) electrons. The maximum Gasteiger partial charge on any atom is 0.341 e. The molecule has 0 aliphatic rings. The first-order valence-electron chi connectivity index (χ1n) is 6.67. The number of hydrogen-bond donors (Lipinski definition) is 2. The van der Waals surface area contributed by atoms with Crippen molar-refractivity contribution in [3.05, 3.63) is 29.5 Å². The molecular weight excluding hydrogens is 288 g/mol. The van der Waals surface area contributed by atoms with Crippen LogP contribution in [0.1, 0.15) is 23.0 Å². The van der Waals surface area contributed by atoms with Crippen LogP contribution in [0.2, 0.25) is 0 Å². The largest absolute Gasteiger partial charge is 0.481 e. The number of carboxylic acids is 1. The topological polar surface area (TPSA) is 112 Å². The molecule has 2 rings (SSSR count). The van der Waals surface area contributed by atoms with Gasteiger partial charge in [-0.2, -0.15) is 0 Å². The second-order valence-corrected chi connectivity index (χ2v) is 4.76. The summed E-state index contributed by atoms with van der Waals surface area (Å²) in [7, 11) is 1.76. The van der Waals surface area contributed by atoms with Gasteiger partial charge >= 0.3 is 5.97 Å². The Morgan fingerprint density at radius 3 is 2.55 bits per heavy atom. The first-order chi connectivity index (χ1) is 10.4. The molecule has 0 spiro atoms. The first-order valence-corrected chi connectivity index (χ1v) is 6.67. The molecule has 2 aromatic rings. The Balaban J connectivity index is 2.76. The Labute approximate surface area is 126 Å². The number of rotatable bonds is 6. The number of carbonyl (C=O) groups excluding carboxylic acids is 2. The third kappa shape index (κ3) is 2.52. The normalized spacial score (nSPS) is 10.6. The van der Waals surface area contributed by atoms with Crippen molar-refractivity contribution in [1.29, 1.82) is 0 Å². The lowest BCUT2D eigenvalue weighted by atomic mass is 10.0. The number of aryl methyl sites for hydroxylation is 1. The van der Waals surface area contributed by atoms with Gasteiger partial charge in [0, 0.05) is 12.7 Å². The molecule has 0 aliphatic carbocycles. The van der Waals surface area contributed by atoms with E-state index >= 15 is 0 Å². The first kappa shape index (κ1) is 15.6.